The number of carbonyl (C=O) groups excluding carboxylic acids is 2. The molecule has 1 aliphatic carbocycles. The number of carbonyl (C=O) groups is 2. The summed E-state index contributed by atoms with van der Waals surface area (Å²) in [7, 11) is 1.60. The number of hydrogen-bond acceptors (Lipinski definition) is 3. The third-order valence-electron chi connectivity index (χ3n) is 5.04. The molecule has 1 fully saturated rings. The Hall–Kier alpha value is -2.95. The lowest BCUT2D eigenvalue weighted by molar-refractivity contribution is 0.0955. The van der Waals surface area contributed by atoms with Crippen molar-refractivity contribution in [2.24, 2.45) is 4.99 Å². The summed E-state index contributed by atoms with van der Waals surface area (Å²) in [6.07, 6.45) is 11.0. The van der Waals surface area contributed by atoms with Crippen LogP contribution in [0.4, 0.5) is 0 Å². The summed E-state index contributed by atoms with van der Waals surface area (Å²) in [5, 5.41) is 2.59. The molecular formula is C23H27N3O2. The maximum absolute atomic E-state index is 12.8. The minimum absolute atomic E-state index is 0.129. The SMILES string of the molecule is CNC(=O)c1ccc(C=CC(=O)n2ccc(C)cc2=NC2CCCCC2)cc1. The molecule has 1 aromatic carbocycles. The normalized spacial score (nSPS) is 15.7. The largest absolute Gasteiger partial charge is 0.355 e. The van der Waals surface area contributed by atoms with Gasteiger partial charge in [-0.3, -0.25) is 19.1 Å². The first-order valence-electron chi connectivity index (χ1n) is 9.84. The van der Waals surface area contributed by atoms with Crippen molar-refractivity contribution in [1.29, 1.82) is 0 Å². The number of benzene rings is 1. The van der Waals surface area contributed by atoms with Crippen LogP contribution in [0.25, 0.3) is 6.08 Å². The third-order valence-corrected chi connectivity index (χ3v) is 5.04. The number of rotatable bonds is 4. The maximum atomic E-state index is 12.8. The van der Waals surface area contributed by atoms with E-state index in [4.69, 9.17) is 4.99 Å². The monoisotopic (exact) mass is 377 g/mol. The standard InChI is InChI=1S/C23H27N3O2/c1-17-14-15-26(21(16-17)25-20-6-4-3-5-7-20)22(27)13-10-18-8-11-19(12-9-18)23(28)24-2/h8-16,20H,3-7H2,1-2H3,(H,24,28). The number of nitrogens with one attached hydrogen (secondary N) is 1. The first-order chi connectivity index (χ1) is 13.6. The van der Waals surface area contributed by atoms with Gasteiger partial charge in [-0.2, -0.15) is 0 Å². The van der Waals surface area contributed by atoms with Gasteiger partial charge in [0.1, 0.15) is 5.49 Å². The number of allylic oxidation sites excluding steroid dienone is 1. The molecule has 146 valence electrons. The van der Waals surface area contributed by atoms with Crippen LogP contribution in [0.2, 0.25) is 0 Å². The molecule has 1 amide bonds. The predicted octanol–water partition coefficient (Wildman–Crippen LogP) is 3.74. The zero-order valence-electron chi connectivity index (χ0n) is 16.5. The Bertz CT molecular complexity index is 933. The van der Waals surface area contributed by atoms with E-state index in [1.54, 1.807) is 42.1 Å². The van der Waals surface area contributed by atoms with Crippen molar-refractivity contribution < 1.29 is 9.59 Å². The second-order valence-electron chi connectivity index (χ2n) is 7.23. The van der Waals surface area contributed by atoms with Gasteiger partial charge in [-0.05, 0) is 61.2 Å². The molecule has 5 nitrogen and oxygen atoms in total. The number of hydrogen-bond donors (Lipinski definition) is 1. The molecule has 0 aliphatic heterocycles. The topological polar surface area (TPSA) is 63.5 Å². The van der Waals surface area contributed by atoms with Crippen LogP contribution in [0.3, 0.4) is 0 Å². The van der Waals surface area contributed by atoms with E-state index in [1.807, 2.05) is 31.2 Å². The lowest BCUT2D eigenvalue weighted by Gasteiger charge is -2.17. The van der Waals surface area contributed by atoms with E-state index in [0.29, 0.717) is 11.6 Å². The summed E-state index contributed by atoms with van der Waals surface area (Å²) >= 11 is 0. The highest BCUT2D eigenvalue weighted by molar-refractivity contribution is 5.95. The minimum atomic E-state index is -0.134. The number of pyridine rings is 1. The van der Waals surface area contributed by atoms with Gasteiger partial charge in [-0.1, -0.05) is 31.4 Å². The van der Waals surface area contributed by atoms with Crippen LogP contribution in [0.15, 0.2) is 53.7 Å². The lowest BCUT2D eigenvalue weighted by Crippen LogP contribution is -2.28. The van der Waals surface area contributed by atoms with Crippen molar-refractivity contribution in [3.05, 3.63) is 70.8 Å². The Morgan fingerprint density at radius 1 is 1.11 bits per heavy atom. The Kier molecular flexibility index (Phi) is 6.58. The summed E-state index contributed by atoms with van der Waals surface area (Å²) in [6, 6.07) is 11.3. The average molecular weight is 377 g/mol. The fourth-order valence-electron chi connectivity index (χ4n) is 3.41. The highest BCUT2D eigenvalue weighted by Crippen LogP contribution is 2.19. The van der Waals surface area contributed by atoms with Gasteiger partial charge in [0.15, 0.2) is 0 Å². The number of aromatic nitrogens is 1. The average Bonchev–Trinajstić information content (AvgIpc) is 2.72. The van der Waals surface area contributed by atoms with Crippen molar-refractivity contribution in [2.45, 2.75) is 45.1 Å². The van der Waals surface area contributed by atoms with Gasteiger partial charge in [0.2, 0.25) is 0 Å². The molecular weight excluding hydrogens is 350 g/mol. The van der Waals surface area contributed by atoms with Gasteiger partial charge in [-0.15, -0.1) is 0 Å². The highest BCUT2D eigenvalue weighted by Gasteiger charge is 2.12. The van der Waals surface area contributed by atoms with Gasteiger partial charge >= 0.3 is 0 Å². The lowest BCUT2D eigenvalue weighted by atomic mass is 9.96. The van der Waals surface area contributed by atoms with Crippen molar-refractivity contribution in [3.63, 3.8) is 0 Å². The second kappa shape index (κ2) is 9.31. The van der Waals surface area contributed by atoms with E-state index in [2.05, 4.69) is 5.32 Å². The summed E-state index contributed by atoms with van der Waals surface area (Å²) in [4.78, 5) is 29.2. The third kappa shape index (κ3) is 5.06. The summed E-state index contributed by atoms with van der Waals surface area (Å²) in [6.45, 7) is 2.01. The molecule has 0 spiro atoms. The van der Waals surface area contributed by atoms with Crippen LogP contribution < -0.4 is 10.8 Å². The van der Waals surface area contributed by atoms with Gasteiger partial charge in [0, 0.05) is 24.9 Å². The van der Waals surface area contributed by atoms with E-state index >= 15 is 0 Å². The fraction of sp³-hybridized carbons (Fsp3) is 0.348. The molecule has 5 heteroatoms. The molecule has 1 saturated carbocycles. The van der Waals surface area contributed by atoms with Crippen molar-refractivity contribution in [1.82, 2.24) is 9.88 Å². The smallest absolute Gasteiger partial charge is 0.256 e. The van der Waals surface area contributed by atoms with Crippen LogP contribution in [0.1, 0.15) is 58.4 Å². The summed E-state index contributed by atoms with van der Waals surface area (Å²) < 4.78 is 1.61. The molecule has 2 aromatic rings. The number of nitrogens with zero attached hydrogens (tertiary/aromatic N) is 2. The van der Waals surface area contributed by atoms with Gasteiger partial charge in [-0.25, -0.2) is 0 Å². The van der Waals surface area contributed by atoms with Crippen molar-refractivity contribution in [3.8, 4) is 0 Å². The second-order valence-corrected chi connectivity index (χ2v) is 7.23. The van der Waals surface area contributed by atoms with Crippen LogP contribution in [0.5, 0.6) is 0 Å². The Labute approximate surface area is 165 Å². The molecule has 0 atom stereocenters. The Balaban J connectivity index is 1.81. The fourth-order valence-corrected chi connectivity index (χ4v) is 3.41. The summed E-state index contributed by atoms with van der Waals surface area (Å²) in [5.74, 6) is -0.263. The van der Waals surface area contributed by atoms with Gasteiger partial charge < -0.3 is 5.32 Å². The molecule has 1 aliphatic rings. The minimum Gasteiger partial charge on any atom is -0.355 e. The van der Waals surface area contributed by atoms with Crippen LogP contribution in [-0.4, -0.2) is 29.5 Å². The molecule has 0 unspecified atom stereocenters. The first kappa shape index (κ1) is 19.8. The van der Waals surface area contributed by atoms with E-state index in [0.717, 1.165) is 29.5 Å². The van der Waals surface area contributed by atoms with Crippen molar-refractivity contribution >= 4 is 17.9 Å². The number of amides is 1. The van der Waals surface area contributed by atoms with E-state index in [9.17, 15) is 9.59 Å². The molecule has 1 aromatic heterocycles. The molecule has 3 rings (SSSR count). The van der Waals surface area contributed by atoms with Crippen molar-refractivity contribution in [2.75, 3.05) is 7.05 Å². The van der Waals surface area contributed by atoms with E-state index in [-0.39, 0.29) is 11.8 Å². The first-order valence-corrected chi connectivity index (χ1v) is 9.84. The van der Waals surface area contributed by atoms with Crippen LogP contribution >= 0.6 is 0 Å². The summed E-state index contributed by atoms with van der Waals surface area (Å²) in [5.41, 5.74) is 3.26. The molecule has 0 bridgehead atoms. The molecule has 1 N–H and O–H groups in total. The van der Waals surface area contributed by atoms with Crippen LogP contribution in [0, 0.1) is 6.92 Å². The Morgan fingerprint density at radius 2 is 1.82 bits per heavy atom. The Morgan fingerprint density at radius 3 is 2.50 bits per heavy atom. The molecule has 0 radical (unpaired) electrons. The maximum Gasteiger partial charge on any atom is 0.256 e. The van der Waals surface area contributed by atoms with E-state index < -0.39 is 0 Å². The quantitative estimate of drug-likeness (QED) is 0.825. The zero-order valence-corrected chi connectivity index (χ0v) is 16.5. The van der Waals surface area contributed by atoms with Crippen LogP contribution in [-0.2, 0) is 0 Å². The van der Waals surface area contributed by atoms with Gasteiger partial charge in [0.05, 0.1) is 6.04 Å². The molecule has 1 heterocycles. The van der Waals surface area contributed by atoms with E-state index in [1.165, 1.54) is 19.3 Å². The van der Waals surface area contributed by atoms with Gasteiger partial charge in [0.25, 0.3) is 11.8 Å². The molecule has 0 saturated heterocycles. The molecule has 28 heavy (non-hydrogen) atoms. The number of aryl methyl sites for hydroxylation is 1. The highest BCUT2D eigenvalue weighted by atomic mass is 16.2. The predicted molar refractivity (Wildman–Crippen MR) is 111 cm³/mol. The zero-order chi connectivity index (χ0) is 19.9.